The van der Waals surface area contributed by atoms with Gasteiger partial charge in [-0.15, -0.1) is 0 Å². The highest BCUT2D eigenvalue weighted by atomic mass is 35.5. The van der Waals surface area contributed by atoms with Gasteiger partial charge < -0.3 is 24.5 Å². The second kappa shape index (κ2) is 8.56. The molecule has 0 radical (unpaired) electrons. The molecule has 130 valence electrons. The van der Waals surface area contributed by atoms with Crippen LogP contribution in [0.5, 0.6) is 5.75 Å². The van der Waals surface area contributed by atoms with Crippen molar-refractivity contribution in [2.45, 2.75) is 13.0 Å². The molecule has 7 nitrogen and oxygen atoms in total. The number of hydrogen-bond donors (Lipinski definition) is 2. The Hall–Kier alpha value is -2.25. The zero-order chi connectivity index (χ0) is 17.5. The van der Waals surface area contributed by atoms with Crippen molar-refractivity contribution < 1.29 is 23.8 Å². The molecule has 0 aliphatic carbocycles. The Bertz CT molecular complexity index is 716. The minimum atomic E-state index is -0.424. The fourth-order valence-electron chi connectivity index (χ4n) is 2.14. The smallest absolute Gasteiger partial charge is 0.354 e. The maximum Gasteiger partial charge on any atom is 0.354 e. The molecule has 2 aromatic rings. The third-order valence-electron chi connectivity index (χ3n) is 3.36. The molecule has 2 rings (SSSR count). The van der Waals surface area contributed by atoms with E-state index in [1.54, 1.807) is 25.1 Å². The van der Waals surface area contributed by atoms with Crippen LogP contribution in [0.3, 0.4) is 0 Å². The van der Waals surface area contributed by atoms with Crippen LogP contribution < -0.4 is 10.1 Å². The molecule has 1 unspecified atom stereocenters. The number of hydrogen-bond acceptors (Lipinski definition) is 5. The second-order valence-corrected chi connectivity index (χ2v) is 5.38. The van der Waals surface area contributed by atoms with Gasteiger partial charge >= 0.3 is 5.97 Å². The molecule has 0 saturated carbocycles. The summed E-state index contributed by atoms with van der Waals surface area (Å²) in [5.74, 6) is 0.0289. The molecule has 1 heterocycles. The van der Waals surface area contributed by atoms with E-state index in [1.165, 1.54) is 7.11 Å². The van der Waals surface area contributed by atoms with Crippen LogP contribution in [0.4, 0.5) is 0 Å². The van der Waals surface area contributed by atoms with Crippen molar-refractivity contribution in [3.63, 3.8) is 0 Å². The van der Waals surface area contributed by atoms with Crippen LogP contribution in [0.2, 0.25) is 5.02 Å². The lowest BCUT2D eigenvalue weighted by atomic mass is 10.2. The van der Waals surface area contributed by atoms with Crippen LogP contribution >= 0.6 is 11.6 Å². The fourth-order valence-corrected chi connectivity index (χ4v) is 2.36. The lowest BCUT2D eigenvalue weighted by molar-refractivity contribution is -0.110. The van der Waals surface area contributed by atoms with E-state index in [0.717, 1.165) is 5.39 Å². The van der Waals surface area contributed by atoms with Crippen molar-refractivity contribution in [1.82, 2.24) is 10.3 Å². The number of amides is 1. The van der Waals surface area contributed by atoms with Crippen molar-refractivity contribution in [2.24, 2.45) is 0 Å². The zero-order valence-corrected chi connectivity index (χ0v) is 14.2. The summed E-state index contributed by atoms with van der Waals surface area (Å²) in [7, 11) is 1.53. The van der Waals surface area contributed by atoms with Crippen molar-refractivity contribution >= 4 is 34.9 Å². The SMILES string of the molecule is CCOC(=O)c1cc2cc(Cl)c(OCC(CNC=O)OC)cc2[nH]1. The molecular weight excluding hydrogens is 336 g/mol. The van der Waals surface area contributed by atoms with Gasteiger partial charge in [0, 0.05) is 30.6 Å². The van der Waals surface area contributed by atoms with Crippen LogP contribution in [-0.4, -0.2) is 50.3 Å². The summed E-state index contributed by atoms with van der Waals surface area (Å²) in [6.45, 7) is 2.59. The number of rotatable bonds is 9. The normalized spacial score (nSPS) is 12.0. The summed E-state index contributed by atoms with van der Waals surface area (Å²) in [5, 5.41) is 3.72. The number of aromatic nitrogens is 1. The number of carbonyl (C=O) groups is 2. The van der Waals surface area contributed by atoms with Gasteiger partial charge in [0.2, 0.25) is 6.41 Å². The summed E-state index contributed by atoms with van der Waals surface area (Å²) in [5.41, 5.74) is 1.06. The van der Waals surface area contributed by atoms with E-state index in [2.05, 4.69) is 10.3 Å². The number of benzene rings is 1. The van der Waals surface area contributed by atoms with Gasteiger partial charge in [0.1, 0.15) is 24.2 Å². The number of aromatic amines is 1. The van der Waals surface area contributed by atoms with Gasteiger partial charge in [-0.3, -0.25) is 4.79 Å². The molecule has 0 aliphatic heterocycles. The number of fused-ring (bicyclic) bond motifs is 1. The minimum absolute atomic E-state index is 0.216. The number of halogens is 1. The van der Waals surface area contributed by atoms with E-state index in [4.69, 9.17) is 25.8 Å². The summed E-state index contributed by atoms with van der Waals surface area (Å²) in [4.78, 5) is 25.1. The molecule has 1 aromatic heterocycles. The Morgan fingerprint density at radius 1 is 1.42 bits per heavy atom. The lowest BCUT2D eigenvalue weighted by Crippen LogP contribution is -2.32. The number of esters is 1. The van der Waals surface area contributed by atoms with E-state index in [1.807, 2.05) is 0 Å². The molecule has 2 N–H and O–H groups in total. The van der Waals surface area contributed by atoms with E-state index in [-0.39, 0.29) is 12.7 Å². The molecule has 0 aliphatic rings. The lowest BCUT2D eigenvalue weighted by Gasteiger charge is -2.16. The standard InChI is InChI=1S/C16H19ClN2O5/c1-3-23-16(21)14-5-10-4-12(17)15(6-13(10)19-14)24-8-11(22-2)7-18-9-20/h4-6,9,11,19H,3,7-8H2,1-2H3,(H,18,20). The molecule has 8 heteroatoms. The highest BCUT2D eigenvalue weighted by molar-refractivity contribution is 6.32. The third-order valence-corrected chi connectivity index (χ3v) is 3.65. The minimum Gasteiger partial charge on any atom is -0.489 e. The van der Waals surface area contributed by atoms with Crippen LogP contribution in [0.1, 0.15) is 17.4 Å². The molecule has 0 fully saturated rings. The average Bonchev–Trinajstić information content (AvgIpc) is 2.98. The number of nitrogens with one attached hydrogen (secondary N) is 2. The number of carbonyl (C=O) groups excluding carboxylic acids is 2. The van der Waals surface area contributed by atoms with Crippen molar-refractivity contribution in [3.8, 4) is 5.75 Å². The molecule has 1 amide bonds. The molecule has 24 heavy (non-hydrogen) atoms. The van der Waals surface area contributed by atoms with E-state index in [0.29, 0.717) is 41.5 Å². The van der Waals surface area contributed by atoms with Gasteiger partial charge in [0.15, 0.2) is 0 Å². The van der Waals surface area contributed by atoms with Crippen LogP contribution in [0.25, 0.3) is 10.9 Å². The summed E-state index contributed by atoms with van der Waals surface area (Å²) in [6, 6.07) is 5.09. The number of methoxy groups -OCH3 is 1. The van der Waals surface area contributed by atoms with Gasteiger partial charge in [0.25, 0.3) is 0 Å². The van der Waals surface area contributed by atoms with Crippen molar-refractivity contribution in [3.05, 3.63) is 28.9 Å². The molecule has 1 aromatic carbocycles. The molecular formula is C16H19ClN2O5. The van der Waals surface area contributed by atoms with Crippen molar-refractivity contribution in [2.75, 3.05) is 26.9 Å². The maximum absolute atomic E-state index is 11.8. The Balaban J connectivity index is 2.14. The first kappa shape index (κ1) is 18.1. The maximum atomic E-state index is 11.8. The van der Waals surface area contributed by atoms with E-state index < -0.39 is 5.97 Å². The molecule has 0 bridgehead atoms. The first-order chi connectivity index (χ1) is 11.6. The average molecular weight is 355 g/mol. The van der Waals surface area contributed by atoms with Gasteiger partial charge in [-0.1, -0.05) is 11.6 Å². The van der Waals surface area contributed by atoms with Crippen molar-refractivity contribution in [1.29, 1.82) is 0 Å². The first-order valence-corrected chi connectivity index (χ1v) is 7.78. The molecule has 1 atom stereocenters. The Labute approximate surface area is 144 Å². The van der Waals surface area contributed by atoms with E-state index in [9.17, 15) is 9.59 Å². The quantitative estimate of drug-likeness (QED) is 0.532. The van der Waals surface area contributed by atoms with Gasteiger partial charge in [-0.2, -0.15) is 0 Å². The van der Waals surface area contributed by atoms with Gasteiger partial charge in [-0.05, 0) is 19.1 Å². The molecule has 0 spiro atoms. The van der Waals surface area contributed by atoms with Gasteiger partial charge in [-0.25, -0.2) is 4.79 Å². The Morgan fingerprint density at radius 3 is 2.88 bits per heavy atom. The monoisotopic (exact) mass is 354 g/mol. The predicted octanol–water partition coefficient (Wildman–Crippen LogP) is 2.14. The largest absolute Gasteiger partial charge is 0.489 e. The van der Waals surface area contributed by atoms with Crippen LogP contribution in [-0.2, 0) is 14.3 Å². The van der Waals surface area contributed by atoms with E-state index >= 15 is 0 Å². The third kappa shape index (κ3) is 4.39. The first-order valence-electron chi connectivity index (χ1n) is 7.41. The van der Waals surface area contributed by atoms with Gasteiger partial charge in [0.05, 0.1) is 11.6 Å². The highest BCUT2D eigenvalue weighted by Gasteiger charge is 2.14. The summed E-state index contributed by atoms with van der Waals surface area (Å²) >= 11 is 6.22. The molecule has 0 saturated heterocycles. The Morgan fingerprint density at radius 2 is 2.21 bits per heavy atom. The van der Waals surface area contributed by atoms with Crippen LogP contribution in [0.15, 0.2) is 18.2 Å². The summed E-state index contributed by atoms with van der Waals surface area (Å²) in [6.07, 6.45) is 0.293. The fraction of sp³-hybridized carbons (Fsp3) is 0.375. The second-order valence-electron chi connectivity index (χ2n) is 4.97. The Kier molecular flexibility index (Phi) is 6.45. The highest BCUT2D eigenvalue weighted by Crippen LogP contribution is 2.30. The number of H-pyrrole nitrogens is 1. The van der Waals surface area contributed by atoms with Crippen LogP contribution in [0, 0.1) is 0 Å². The topological polar surface area (TPSA) is 89.7 Å². The zero-order valence-electron chi connectivity index (χ0n) is 13.4. The number of ether oxygens (including phenoxy) is 3. The predicted molar refractivity (Wildman–Crippen MR) is 89.6 cm³/mol. The summed E-state index contributed by atoms with van der Waals surface area (Å²) < 4.78 is 15.8.